The van der Waals surface area contributed by atoms with Crippen molar-refractivity contribution in [2.24, 2.45) is 5.92 Å². The number of nitriles is 1. The summed E-state index contributed by atoms with van der Waals surface area (Å²) < 4.78 is 8.54. The van der Waals surface area contributed by atoms with Gasteiger partial charge in [0, 0.05) is 44.5 Å². The zero-order chi connectivity index (χ0) is 24.5. The molecule has 7 heteroatoms. The lowest BCUT2D eigenvalue weighted by molar-refractivity contribution is -0.126. The molecule has 2 atom stereocenters. The maximum absolute atomic E-state index is 13.9. The van der Waals surface area contributed by atoms with E-state index < -0.39 is 0 Å². The maximum Gasteiger partial charge on any atom is 0.244 e. The van der Waals surface area contributed by atoms with Gasteiger partial charge in [0.1, 0.15) is 17.4 Å². The zero-order valence-electron chi connectivity index (χ0n) is 20.0. The molecule has 7 nitrogen and oxygen atoms in total. The van der Waals surface area contributed by atoms with Crippen molar-refractivity contribution >= 4 is 11.6 Å². The molecule has 0 radical (unpaired) electrons. The lowest BCUT2D eigenvalue weighted by Crippen LogP contribution is -2.57. The predicted molar refractivity (Wildman–Crippen MR) is 136 cm³/mol. The lowest BCUT2D eigenvalue weighted by atomic mass is 9.95. The lowest BCUT2D eigenvalue weighted by Gasteiger charge is -2.41. The molecule has 2 unspecified atom stereocenters. The maximum atomic E-state index is 13.9. The first kappa shape index (κ1) is 22.3. The fraction of sp³-hybridized carbons (Fsp3) is 0.276. The van der Waals surface area contributed by atoms with E-state index in [1.54, 1.807) is 0 Å². The van der Waals surface area contributed by atoms with Crippen molar-refractivity contribution in [3.05, 3.63) is 102 Å². The van der Waals surface area contributed by atoms with E-state index in [1.807, 2.05) is 78.1 Å². The molecule has 1 aromatic heterocycles. The largest absolute Gasteiger partial charge is 0.460 e. The Morgan fingerprint density at radius 2 is 1.86 bits per heavy atom. The Hall–Kier alpha value is -4.15. The van der Waals surface area contributed by atoms with Crippen LogP contribution in [0.2, 0.25) is 0 Å². The third-order valence-electron chi connectivity index (χ3n) is 7.24. The molecule has 6 rings (SSSR count). The van der Waals surface area contributed by atoms with Crippen LogP contribution in [0.1, 0.15) is 17.7 Å². The van der Waals surface area contributed by atoms with Gasteiger partial charge in [0.05, 0.1) is 24.1 Å². The number of hydrogen-bond acceptors (Lipinski definition) is 5. The summed E-state index contributed by atoms with van der Waals surface area (Å²) >= 11 is 0. The minimum absolute atomic E-state index is 0.0822. The Kier molecular flexibility index (Phi) is 5.88. The predicted octanol–water partition coefficient (Wildman–Crippen LogP) is 4.09. The fourth-order valence-electron chi connectivity index (χ4n) is 5.29. The van der Waals surface area contributed by atoms with E-state index in [1.165, 1.54) is 0 Å². The number of allylic oxidation sites excluding steroid dienone is 4. The molecule has 1 aliphatic carbocycles. The third-order valence-corrected chi connectivity index (χ3v) is 7.24. The number of carbonyl (C=O) groups is 1. The topological polar surface area (TPSA) is 74.4 Å². The Morgan fingerprint density at radius 1 is 1.03 bits per heavy atom. The highest BCUT2D eigenvalue weighted by Gasteiger charge is 2.37. The van der Waals surface area contributed by atoms with Gasteiger partial charge in [-0.05, 0) is 41.8 Å². The molecule has 2 aromatic carbocycles. The van der Waals surface area contributed by atoms with Gasteiger partial charge in [-0.3, -0.25) is 9.69 Å². The fourth-order valence-corrected chi connectivity index (χ4v) is 5.29. The molecule has 0 spiro atoms. The highest BCUT2D eigenvalue weighted by atomic mass is 16.5. The summed E-state index contributed by atoms with van der Waals surface area (Å²) in [5.74, 6) is 1.10. The molecule has 1 saturated heterocycles. The van der Waals surface area contributed by atoms with Crippen molar-refractivity contribution in [3.63, 3.8) is 0 Å². The minimum Gasteiger partial charge on any atom is -0.460 e. The highest BCUT2D eigenvalue weighted by Crippen LogP contribution is 2.32. The number of amides is 1. The van der Waals surface area contributed by atoms with Crippen LogP contribution in [-0.4, -0.2) is 39.5 Å². The second-order valence-corrected chi connectivity index (χ2v) is 9.48. The van der Waals surface area contributed by atoms with Crippen molar-refractivity contribution < 1.29 is 9.53 Å². The van der Waals surface area contributed by atoms with Gasteiger partial charge in [0.2, 0.25) is 5.91 Å². The smallest absolute Gasteiger partial charge is 0.244 e. The van der Waals surface area contributed by atoms with Crippen molar-refractivity contribution in [2.45, 2.75) is 32.0 Å². The number of aromatic nitrogens is 2. The molecule has 0 N–H and O–H groups in total. The van der Waals surface area contributed by atoms with E-state index in [4.69, 9.17) is 4.74 Å². The Labute approximate surface area is 210 Å². The highest BCUT2D eigenvalue weighted by molar-refractivity contribution is 5.98. The molecule has 3 heterocycles. The number of imidazole rings is 1. The second kappa shape index (κ2) is 9.48. The van der Waals surface area contributed by atoms with Gasteiger partial charge in [-0.15, -0.1) is 0 Å². The number of anilines is 1. The van der Waals surface area contributed by atoms with Gasteiger partial charge < -0.3 is 14.2 Å². The van der Waals surface area contributed by atoms with Crippen LogP contribution < -0.4 is 9.64 Å². The Bertz CT molecular complexity index is 1380. The number of benzene rings is 2. The van der Waals surface area contributed by atoms with Gasteiger partial charge in [0.15, 0.2) is 0 Å². The Balaban J connectivity index is 1.42. The van der Waals surface area contributed by atoms with Gasteiger partial charge >= 0.3 is 0 Å². The van der Waals surface area contributed by atoms with Crippen LogP contribution >= 0.6 is 0 Å². The number of carbonyl (C=O) groups excluding carboxylic acids is 1. The van der Waals surface area contributed by atoms with Crippen molar-refractivity contribution in [3.8, 4) is 11.8 Å². The molecule has 180 valence electrons. The molecule has 0 saturated carbocycles. The van der Waals surface area contributed by atoms with E-state index >= 15 is 0 Å². The summed E-state index contributed by atoms with van der Waals surface area (Å²) in [7, 11) is 0. The third kappa shape index (κ3) is 4.21. The number of fused-ring (bicyclic) bond motifs is 4. The zero-order valence-corrected chi connectivity index (χ0v) is 20.0. The first-order valence-corrected chi connectivity index (χ1v) is 12.3. The average Bonchev–Trinajstić information content (AvgIpc) is 3.34. The van der Waals surface area contributed by atoms with Crippen LogP contribution in [0.15, 0.2) is 90.6 Å². The number of hydrogen-bond donors (Lipinski definition) is 0. The summed E-state index contributed by atoms with van der Waals surface area (Å²) in [4.78, 5) is 22.5. The molecule has 2 bridgehead atoms. The van der Waals surface area contributed by atoms with E-state index in [0.29, 0.717) is 44.0 Å². The van der Waals surface area contributed by atoms with Gasteiger partial charge in [-0.1, -0.05) is 42.5 Å². The summed E-state index contributed by atoms with van der Waals surface area (Å²) in [5.41, 5.74) is 4.03. The summed E-state index contributed by atoms with van der Waals surface area (Å²) in [6.07, 6.45) is 8.96. The standard InChI is InChI=1S/C29H27N5O2/c30-16-23-11-10-21-14-28(23)36-27-9-5-4-6-22(27)15-26-29(35)34(24-7-2-1-3-8-24)13-12-32(26)19-25-17-31-20-33(25)18-21/h1-10,14,17,20,23,26H,11-13,15,18-19H2. The first-order chi connectivity index (χ1) is 17.7. The van der Waals surface area contributed by atoms with Crippen molar-refractivity contribution in [1.29, 1.82) is 5.26 Å². The van der Waals surface area contributed by atoms with E-state index in [9.17, 15) is 10.1 Å². The quantitative estimate of drug-likeness (QED) is 0.528. The number of nitrogens with zero attached hydrogens (tertiary/aromatic N) is 5. The van der Waals surface area contributed by atoms with Gasteiger partial charge in [-0.25, -0.2) is 4.98 Å². The molecular weight excluding hydrogens is 450 g/mol. The van der Waals surface area contributed by atoms with E-state index in [0.717, 1.165) is 29.1 Å². The SMILES string of the molecule is N#CC1CC=C2C=C1Oc1ccccc1CC1C(=O)N(c3ccccc3)CCN1Cc1cncn1C2. The normalized spacial score (nSPS) is 22.2. The van der Waals surface area contributed by atoms with Crippen molar-refractivity contribution in [2.75, 3.05) is 18.0 Å². The molecule has 3 aromatic rings. The number of piperazine rings is 1. The molecule has 36 heavy (non-hydrogen) atoms. The van der Waals surface area contributed by atoms with Crippen LogP contribution in [0.3, 0.4) is 0 Å². The summed E-state index contributed by atoms with van der Waals surface area (Å²) in [6.45, 7) is 2.66. The van der Waals surface area contributed by atoms with Crippen molar-refractivity contribution in [1.82, 2.24) is 14.5 Å². The summed E-state index contributed by atoms with van der Waals surface area (Å²) in [5, 5.41) is 9.76. The van der Waals surface area contributed by atoms with Crippen LogP contribution in [0.4, 0.5) is 5.69 Å². The molecule has 3 aliphatic rings. The minimum atomic E-state index is -0.354. The van der Waals surface area contributed by atoms with Gasteiger partial charge in [-0.2, -0.15) is 5.26 Å². The first-order valence-electron chi connectivity index (χ1n) is 12.3. The summed E-state index contributed by atoms with van der Waals surface area (Å²) in [6, 6.07) is 19.8. The molecular formula is C29H27N5O2. The second-order valence-electron chi connectivity index (χ2n) is 9.48. The Morgan fingerprint density at radius 3 is 2.72 bits per heavy atom. The molecule has 2 aliphatic heterocycles. The van der Waals surface area contributed by atoms with Crippen LogP contribution in [0.5, 0.6) is 5.75 Å². The van der Waals surface area contributed by atoms with Gasteiger partial charge in [0.25, 0.3) is 0 Å². The van der Waals surface area contributed by atoms with E-state index in [2.05, 4.69) is 26.6 Å². The average molecular weight is 478 g/mol. The number of para-hydroxylation sites is 2. The van der Waals surface area contributed by atoms with E-state index in [-0.39, 0.29) is 17.9 Å². The van der Waals surface area contributed by atoms with Crippen LogP contribution in [-0.2, 0) is 24.3 Å². The monoisotopic (exact) mass is 477 g/mol. The number of rotatable bonds is 1. The molecule has 1 fully saturated rings. The number of ether oxygens (including phenoxy) is 1. The van der Waals surface area contributed by atoms with Crippen LogP contribution in [0, 0.1) is 17.2 Å². The van der Waals surface area contributed by atoms with Crippen LogP contribution in [0.25, 0.3) is 0 Å². The molecule has 1 amide bonds.